The molecule has 2 atom stereocenters. The molecule has 11 heteroatoms. The Balaban J connectivity index is 1.24. The zero-order valence-corrected chi connectivity index (χ0v) is 23.3. The molecule has 3 aliphatic rings. The van der Waals surface area contributed by atoms with Crippen molar-refractivity contribution in [3.8, 4) is 5.75 Å². The van der Waals surface area contributed by atoms with Crippen LogP contribution in [-0.4, -0.2) is 40.3 Å². The molecule has 0 bridgehead atoms. The average Bonchev–Trinajstić information content (AvgIpc) is 3.45. The van der Waals surface area contributed by atoms with Gasteiger partial charge in [0.25, 0.3) is 11.8 Å². The zero-order valence-electron chi connectivity index (χ0n) is 20.9. The van der Waals surface area contributed by atoms with E-state index in [1.165, 1.54) is 11.8 Å². The molecular weight excluding hydrogens is 594 g/mol. The second kappa shape index (κ2) is 9.54. The minimum absolute atomic E-state index is 0.0494. The number of benzene rings is 4. The number of nitrogens with zero attached hydrogens (tertiary/aromatic N) is 2. The molecule has 1 saturated heterocycles. The highest BCUT2D eigenvalue weighted by Gasteiger charge is 2.59. The van der Waals surface area contributed by atoms with E-state index >= 15 is 0 Å². The van der Waals surface area contributed by atoms with Crippen LogP contribution in [0.5, 0.6) is 5.75 Å². The van der Waals surface area contributed by atoms with Crippen LogP contribution < -0.4 is 20.9 Å². The van der Waals surface area contributed by atoms with Crippen molar-refractivity contribution < 1.29 is 19.1 Å². The van der Waals surface area contributed by atoms with E-state index in [1.54, 1.807) is 23.2 Å². The van der Waals surface area contributed by atoms with E-state index < -0.39 is 16.9 Å². The summed E-state index contributed by atoms with van der Waals surface area (Å²) in [7, 11) is 0. The molecule has 3 aliphatic heterocycles. The van der Waals surface area contributed by atoms with Gasteiger partial charge in [0.2, 0.25) is 4.87 Å². The summed E-state index contributed by atoms with van der Waals surface area (Å²) >= 11 is 4.86. The molecule has 2 unspecified atom stereocenters. The van der Waals surface area contributed by atoms with E-state index in [0.717, 1.165) is 37.1 Å². The first kappa shape index (κ1) is 24.9. The smallest absolute Gasteiger partial charge is 0.348 e. The average molecular weight is 616 g/mol. The van der Waals surface area contributed by atoms with E-state index in [4.69, 9.17) is 4.74 Å². The summed E-state index contributed by atoms with van der Waals surface area (Å²) in [4.78, 5) is 38.3. The first-order valence-corrected chi connectivity index (χ1v) is 14.4. The minimum atomic E-state index is -1.38. The van der Waals surface area contributed by atoms with Gasteiger partial charge in [-0.3, -0.25) is 15.0 Å². The number of rotatable bonds is 3. The molecule has 0 aliphatic carbocycles. The summed E-state index contributed by atoms with van der Waals surface area (Å²) in [6, 6.07) is 25.9. The molecule has 4 aromatic carbocycles. The molecule has 4 aromatic rings. The van der Waals surface area contributed by atoms with Gasteiger partial charge in [-0.05, 0) is 34.5 Å². The molecule has 0 radical (unpaired) electrons. The molecule has 40 heavy (non-hydrogen) atoms. The topological polar surface area (TPSA) is 103 Å². The Bertz CT molecular complexity index is 1720. The maximum absolute atomic E-state index is 13.5. The summed E-state index contributed by atoms with van der Waals surface area (Å²) < 4.78 is 6.98. The van der Waals surface area contributed by atoms with Crippen LogP contribution in [-0.2, 0) is 14.5 Å². The van der Waals surface area contributed by atoms with Crippen molar-refractivity contribution in [1.29, 1.82) is 0 Å². The van der Waals surface area contributed by atoms with Crippen molar-refractivity contribution in [2.45, 2.75) is 10.9 Å². The summed E-state index contributed by atoms with van der Waals surface area (Å²) in [5.74, 6) is 0.0221. The van der Waals surface area contributed by atoms with Crippen LogP contribution in [0.4, 0.5) is 10.5 Å². The molecular formula is C29H22BrN5O4S. The van der Waals surface area contributed by atoms with Crippen molar-refractivity contribution in [1.82, 2.24) is 20.9 Å². The van der Waals surface area contributed by atoms with Crippen LogP contribution in [0, 0.1) is 0 Å². The molecule has 7 rings (SSSR count). The summed E-state index contributed by atoms with van der Waals surface area (Å²) in [5, 5.41) is 7.70. The van der Waals surface area contributed by atoms with Crippen LogP contribution in [0.15, 0.2) is 89.4 Å². The Morgan fingerprint density at radius 2 is 1.75 bits per heavy atom. The largest absolute Gasteiger partial charge is 0.476 e. The van der Waals surface area contributed by atoms with E-state index in [-0.39, 0.29) is 24.3 Å². The predicted molar refractivity (Wildman–Crippen MR) is 155 cm³/mol. The van der Waals surface area contributed by atoms with E-state index in [0.29, 0.717) is 11.3 Å². The Hall–Kier alpha value is -4.06. The van der Waals surface area contributed by atoms with Crippen molar-refractivity contribution in [3.05, 3.63) is 106 Å². The standard InChI is InChI=1S/C29H22BrN5O4S/c30-21-11-5-3-9-19(21)26-25-18-8-2-1-7-17(18)13-14-23(25)39-16-34(26)32-28(38)33-35-24(36)15-40-29(35)20-10-4-6-12-22(20)31-27(29)37/h1-14,26H,15-16H2,(H,31,37)(H2,32,33,38). The molecule has 0 saturated carbocycles. The highest BCUT2D eigenvalue weighted by Crippen LogP contribution is 2.51. The number of anilines is 1. The van der Waals surface area contributed by atoms with Gasteiger partial charge in [-0.15, -0.1) is 11.8 Å². The quantitative estimate of drug-likeness (QED) is 0.304. The lowest BCUT2D eigenvalue weighted by atomic mass is 9.91. The number of urea groups is 1. The number of hydrazine groups is 2. The van der Waals surface area contributed by atoms with Gasteiger partial charge in [0.1, 0.15) is 5.75 Å². The van der Waals surface area contributed by atoms with Gasteiger partial charge < -0.3 is 10.1 Å². The van der Waals surface area contributed by atoms with E-state index in [1.807, 2.05) is 66.7 Å². The van der Waals surface area contributed by atoms with Crippen LogP contribution >= 0.6 is 27.7 Å². The SMILES string of the molecule is O=C(NN1COc2ccc3ccccc3c2C1c1ccccc1Br)NN1C(=O)CSC12C(=O)Nc1ccccc12. The molecule has 0 aromatic heterocycles. The fourth-order valence-corrected chi connectivity index (χ4v) is 7.38. The number of hydrogen-bond donors (Lipinski definition) is 3. The van der Waals surface area contributed by atoms with E-state index in [9.17, 15) is 14.4 Å². The van der Waals surface area contributed by atoms with Crippen molar-refractivity contribution >= 4 is 62.0 Å². The normalized spacial score (nSPS) is 21.6. The Kier molecular flexibility index (Phi) is 5.95. The van der Waals surface area contributed by atoms with Crippen molar-refractivity contribution in [2.75, 3.05) is 17.8 Å². The summed E-state index contributed by atoms with van der Waals surface area (Å²) in [5.41, 5.74) is 8.64. The number of ether oxygens (including phenoxy) is 1. The minimum Gasteiger partial charge on any atom is -0.476 e. The highest BCUT2D eigenvalue weighted by molar-refractivity contribution is 9.10. The zero-order chi connectivity index (χ0) is 27.4. The Labute approximate surface area is 241 Å². The fourth-order valence-electron chi connectivity index (χ4n) is 5.62. The molecule has 1 spiro atoms. The number of amides is 4. The van der Waals surface area contributed by atoms with Gasteiger partial charge in [0.15, 0.2) is 6.73 Å². The Morgan fingerprint density at radius 3 is 2.62 bits per heavy atom. The third kappa shape index (κ3) is 3.76. The lowest BCUT2D eigenvalue weighted by Gasteiger charge is -2.39. The fraction of sp³-hybridized carbons (Fsp3) is 0.138. The molecule has 4 amide bonds. The van der Waals surface area contributed by atoms with Gasteiger partial charge in [-0.1, -0.05) is 82.7 Å². The first-order valence-electron chi connectivity index (χ1n) is 12.6. The molecule has 3 heterocycles. The maximum atomic E-state index is 13.5. The third-order valence-electron chi connectivity index (χ3n) is 7.35. The van der Waals surface area contributed by atoms with Crippen LogP contribution in [0.3, 0.4) is 0 Å². The predicted octanol–water partition coefficient (Wildman–Crippen LogP) is 4.85. The first-order chi connectivity index (χ1) is 19.5. The van der Waals surface area contributed by atoms with Gasteiger partial charge in [-0.25, -0.2) is 15.2 Å². The number of hydrogen-bond acceptors (Lipinski definition) is 6. The second-order valence-corrected chi connectivity index (χ2v) is 11.6. The van der Waals surface area contributed by atoms with Crippen LogP contribution in [0.2, 0.25) is 0 Å². The van der Waals surface area contributed by atoms with Gasteiger partial charge in [-0.2, -0.15) is 5.01 Å². The number of para-hydroxylation sites is 1. The number of carbonyl (C=O) groups excluding carboxylic acids is 3. The Morgan fingerprint density at radius 1 is 0.975 bits per heavy atom. The number of fused-ring (bicyclic) bond motifs is 5. The lowest BCUT2D eigenvalue weighted by Crippen LogP contribution is -2.60. The van der Waals surface area contributed by atoms with Gasteiger partial charge in [0.05, 0.1) is 11.8 Å². The van der Waals surface area contributed by atoms with E-state index in [2.05, 4.69) is 32.1 Å². The molecule has 9 nitrogen and oxygen atoms in total. The van der Waals surface area contributed by atoms with Crippen LogP contribution in [0.25, 0.3) is 10.8 Å². The second-order valence-electron chi connectivity index (χ2n) is 9.58. The molecule has 1 fully saturated rings. The van der Waals surface area contributed by atoms with Crippen molar-refractivity contribution in [3.63, 3.8) is 0 Å². The molecule has 3 N–H and O–H groups in total. The van der Waals surface area contributed by atoms with Crippen LogP contribution in [0.1, 0.15) is 22.7 Å². The summed E-state index contributed by atoms with van der Waals surface area (Å²) in [6.07, 6.45) is 0. The monoisotopic (exact) mass is 615 g/mol. The lowest BCUT2D eigenvalue weighted by molar-refractivity contribution is -0.139. The van der Waals surface area contributed by atoms with Gasteiger partial charge in [0, 0.05) is 21.3 Å². The summed E-state index contributed by atoms with van der Waals surface area (Å²) in [6.45, 7) is 0.0575. The molecule has 200 valence electrons. The number of carbonyl (C=O) groups is 3. The number of thioether (sulfide) groups is 1. The highest BCUT2D eigenvalue weighted by atomic mass is 79.9. The number of nitrogens with one attached hydrogen (secondary N) is 3. The third-order valence-corrected chi connectivity index (χ3v) is 9.47. The number of halogens is 1. The van der Waals surface area contributed by atoms with Gasteiger partial charge >= 0.3 is 6.03 Å². The maximum Gasteiger partial charge on any atom is 0.348 e. The van der Waals surface area contributed by atoms with Crippen molar-refractivity contribution in [2.24, 2.45) is 0 Å².